The standard InChI is InChI=1S/C12H10BrFN2OS/c13-10-5-6-18-11(10)7-15-12(17)16-9-3-1-8(14)2-4-9/h1-6H,7H2,(H2,15,16,17). The van der Waals surface area contributed by atoms with Gasteiger partial charge in [0.1, 0.15) is 5.82 Å². The van der Waals surface area contributed by atoms with E-state index in [9.17, 15) is 9.18 Å². The lowest BCUT2D eigenvalue weighted by atomic mass is 10.3. The van der Waals surface area contributed by atoms with E-state index in [4.69, 9.17) is 0 Å². The number of thiophene rings is 1. The molecule has 0 unspecified atom stereocenters. The van der Waals surface area contributed by atoms with E-state index in [2.05, 4.69) is 26.6 Å². The first-order valence-corrected chi connectivity index (χ1v) is 6.85. The van der Waals surface area contributed by atoms with Gasteiger partial charge in [-0.1, -0.05) is 0 Å². The molecule has 3 nitrogen and oxygen atoms in total. The van der Waals surface area contributed by atoms with Crippen molar-refractivity contribution >= 4 is 39.0 Å². The Morgan fingerprint density at radius 2 is 2.00 bits per heavy atom. The third kappa shape index (κ3) is 3.54. The third-order valence-electron chi connectivity index (χ3n) is 2.20. The van der Waals surface area contributed by atoms with Gasteiger partial charge < -0.3 is 10.6 Å². The average Bonchev–Trinajstić information content (AvgIpc) is 2.75. The molecule has 0 saturated heterocycles. The fraction of sp³-hybridized carbons (Fsp3) is 0.0833. The van der Waals surface area contributed by atoms with Crippen molar-refractivity contribution in [2.24, 2.45) is 0 Å². The molecule has 94 valence electrons. The van der Waals surface area contributed by atoms with Gasteiger partial charge in [-0.3, -0.25) is 0 Å². The molecular formula is C12H10BrFN2OS. The first-order chi connectivity index (χ1) is 8.65. The first-order valence-electron chi connectivity index (χ1n) is 5.17. The van der Waals surface area contributed by atoms with E-state index in [0.29, 0.717) is 12.2 Å². The van der Waals surface area contributed by atoms with Gasteiger partial charge in [0.25, 0.3) is 0 Å². The summed E-state index contributed by atoms with van der Waals surface area (Å²) in [4.78, 5) is 12.6. The minimum atomic E-state index is -0.330. The number of carbonyl (C=O) groups excluding carboxylic acids is 1. The van der Waals surface area contributed by atoms with Gasteiger partial charge in [0.05, 0.1) is 6.54 Å². The summed E-state index contributed by atoms with van der Waals surface area (Å²) in [7, 11) is 0. The molecule has 0 spiro atoms. The molecular weight excluding hydrogens is 319 g/mol. The second-order valence-corrected chi connectivity index (χ2v) is 5.36. The molecule has 0 aliphatic rings. The van der Waals surface area contributed by atoms with E-state index in [1.54, 1.807) is 11.3 Å². The monoisotopic (exact) mass is 328 g/mol. The maximum Gasteiger partial charge on any atom is 0.319 e. The van der Waals surface area contributed by atoms with Crippen molar-refractivity contribution in [3.63, 3.8) is 0 Å². The summed E-state index contributed by atoms with van der Waals surface area (Å²) < 4.78 is 13.7. The van der Waals surface area contributed by atoms with Crippen molar-refractivity contribution in [3.8, 4) is 0 Å². The van der Waals surface area contributed by atoms with E-state index in [-0.39, 0.29) is 11.8 Å². The second-order valence-electron chi connectivity index (χ2n) is 3.51. The normalized spacial score (nSPS) is 10.1. The van der Waals surface area contributed by atoms with Crippen LogP contribution < -0.4 is 10.6 Å². The summed E-state index contributed by atoms with van der Waals surface area (Å²) in [6, 6.07) is 7.23. The van der Waals surface area contributed by atoms with Crippen molar-refractivity contribution in [1.82, 2.24) is 5.32 Å². The molecule has 0 aliphatic heterocycles. The van der Waals surface area contributed by atoms with Crippen molar-refractivity contribution in [2.75, 3.05) is 5.32 Å². The molecule has 1 heterocycles. The number of rotatable bonds is 3. The summed E-state index contributed by atoms with van der Waals surface area (Å²) >= 11 is 4.95. The van der Waals surface area contributed by atoms with Gasteiger partial charge in [-0.05, 0) is 51.6 Å². The average molecular weight is 329 g/mol. The molecule has 18 heavy (non-hydrogen) atoms. The molecule has 2 amide bonds. The molecule has 0 atom stereocenters. The van der Waals surface area contributed by atoms with Gasteiger partial charge in [-0.25, -0.2) is 9.18 Å². The highest BCUT2D eigenvalue weighted by molar-refractivity contribution is 9.10. The van der Waals surface area contributed by atoms with Crippen molar-refractivity contribution in [2.45, 2.75) is 6.54 Å². The predicted molar refractivity (Wildman–Crippen MR) is 74.3 cm³/mol. The van der Waals surface area contributed by atoms with Crippen molar-refractivity contribution < 1.29 is 9.18 Å². The lowest BCUT2D eigenvalue weighted by molar-refractivity contribution is 0.252. The molecule has 6 heteroatoms. The maximum atomic E-state index is 12.7. The van der Waals surface area contributed by atoms with Gasteiger partial charge >= 0.3 is 6.03 Å². The topological polar surface area (TPSA) is 41.1 Å². The van der Waals surface area contributed by atoms with Crippen LogP contribution in [0.2, 0.25) is 0 Å². The summed E-state index contributed by atoms with van der Waals surface area (Å²) in [5.41, 5.74) is 0.555. The Labute approximate surface area is 116 Å². The second kappa shape index (κ2) is 5.97. The number of halogens is 2. The Balaban J connectivity index is 1.86. The van der Waals surface area contributed by atoms with Crippen molar-refractivity contribution in [3.05, 3.63) is 50.9 Å². The fourth-order valence-electron chi connectivity index (χ4n) is 1.32. The lowest BCUT2D eigenvalue weighted by Crippen LogP contribution is -2.27. The number of hydrogen-bond donors (Lipinski definition) is 2. The smallest absolute Gasteiger partial charge is 0.319 e. The molecule has 0 saturated carbocycles. The molecule has 0 fully saturated rings. The minimum absolute atomic E-state index is 0.318. The number of urea groups is 1. The molecule has 0 radical (unpaired) electrons. The van der Waals surface area contributed by atoms with Crippen LogP contribution in [0.25, 0.3) is 0 Å². The summed E-state index contributed by atoms with van der Waals surface area (Å²) in [6.07, 6.45) is 0. The van der Waals surface area contributed by atoms with E-state index < -0.39 is 0 Å². The summed E-state index contributed by atoms with van der Waals surface area (Å²) in [5.74, 6) is -0.330. The molecule has 2 N–H and O–H groups in total. The Morgan fingerprint density at radius 3 is 2.61 bits per heavy atom. The Bertz CT molecular complexity index is 541. The van der Waals surface area contributed by atoms with Crippen LogP contribution >= 0.6 is 27.3 Å². The van der Waals surface area contributed by atoms with Crippen LogP contribution in [0.5, 0.6) is 0 Å². The number of anilines is 1. The number of amides is 2. The van der Waals surface area contributed by atoms with E-state index in [0.717, 1.165) is 9.35 Å². The third-order valence-corrected chi connectivity index (χ3v) is 4.13. The van der Waals surface area contributed by atoms with Crippen LogP contribution in [-0.4, -0.2) is 6.03 Å². The van der Waals surface area contributed by atoms with E-state index in [1.165, 1.54) is 24.3 Å². The molecule has 1 aromatic carbocycles. The minimum Gasteiger partial charge on any atom is -0.333 e. The zero-order chi connectivity index (χ0) is 13.0. The quantitative estimate of drug-likeness (QED) is 0.879. The maximum absolute atomic E-state index is 12.7. The van der Waals surface area contributed by atoms with Gasteiger partial charge in [0.2, 0.25) is 0 Å². The number of hydrogen-bond acceptors (Lipinski definition) is 2. The van der Waals surface area contributed by atoms with Crippen LogP contribution in [-0.2, 0) is 6.54 Å². The van der Waals surface area contributed by atoms with Gasteiger partial charge in [0, 0.05) is 15.0 Å². The highest BCUT2D eigenvalue weighted by atomic mass is 79.9. The molecule has 0 aliphatic carbocycles. The van der Waals surface area contributed by atoms with E-state index in [1.807, 2.05) is 11.4 Å². The van der Waals surface area contributed by atoms with Gasteiger partial charge in [-0.15, -0.1) is 11.3 Å². The fourth-order valence-corrected chi connectivity index (χ4v) is 2.75. The predicted octanol–water partition coefficient (Wildman–Crippen LogP) is 3.97. The van der Waals surface area contributed by atoms with Crippen LogP contribution in [0.3, 0.4) is 0 Å². The summed E-state index contributed by atoms with van der Waals surface area (Å²) in [5, 5.41) is 7.29. The van der Waals surface area contributed by atoms with Crippen LogP contribution in [0, 0.1) is 5.82 Å². The van der Waals surface area contributed by atoms with Gasteiger partial charge in [-0.2, -0.15) is 0 Å². The zero-order valence-electron chi connectivity index (χ0n) is 9.24. The Morgan fingerprint density at radius 1 is 1.28 bits per heavy atom. The van der Waals surface area contributed by atoms with Crippen LogP contribution in [0.15, 0.2) is 40.2 Å². The zero-order valence-corrected chi connectivity index (χ0v) is 11.6. The first kappa shape index (κ1) is 13.0. The number of nitrogens with one attached hydrogen (secondary N) is 2. The lowest BCUT2D eigenvalue weighted by Gasteiger charge is -2.06. The van der Waals surface area contributed by atoms with Crippen LogP contribution in [0.1, 0.15) is 4.88 Å². The molecule has 0 bridgehead atoms. The SMILES string of the molecule is O=C(NCc1sccc1Br)Nc1ccc(F)cc1. The van der Waals surface area contributed by atoms with E-state index >= 15 is 0 Å². The Kier molecular flexibility index (Phi) is 4.33. The highest BCUT2D eigenvalue weighted by Crippen LogP contribution is 2.22. The molecule has 1 aromatic heterocycles. The van der Waals surface area contributed by atoms with Gasteiger partial charge in [0.15, 0.2) is 0 Å². The summed E-state index contributed by atoms with van der Waals surface area (Å²) in [6.45, 7) is 0.450. The Hall–Kier alpha value is -1.40. The highest BCUT2D eigenvalue weighted by Gasteiger charge is 2.05. The largest absolute Gasteiger partial charge is 0.333 e. The number of benzene rings is 1. The van der Waals surface area contributed by atoms with Crippen LogP contribution in [0.4, 0.5) is 14.9 Å². The molecule has 2 aromatic rings. The number of carbonyl (C=O) groups is 1. The van der Waals surface area contributed by atoms with Crippen molar-refractivity contribution in [1.29, 1.82) is 0 Å². The molecule has 2 rings (SSSR count).